The van der Waals surface area contributed by atoms with Crippen LogP contribution < -0.4 is 0 Å². The summed E-state index contributed by atoms with van der Waals surface area (Å²) in [4.78, 5) is 0. The van der Waals surface area contributed by atoms with Crippen molar-refractivity contribution < 1.29 is 0 Å². The first kappa shape index (κ1) is 36.9. The van der Waals surface area contributed by atoms with Crippen molar-refractivity contribution >= 4 is 82.4 Å². The normalized spacial score (nSPS) is 14.1. The number of hydrogen-bond donors (Lipinski definition) is 0. The van der Waals surface area contributed by atoms with E-state index in [0.29, 0.717) is 0 Å². The monoisotopic (exact) mass is 856 g/mol. The van der Waals surface area contributed by atoms with Gasteiger partial charge in [0.2, 0.25) is 0 Å². The lowest BCUT2D eigenvalue weighted by Gasteiger charge is -2.23. The van der Waals surface area contributed by atoms with Crippen LogP contribution in [0.1, 0.15) is 42.7 Å². The van der Waals surface area contributed by atoms with Crippen LogP contribution >= 0.6 is 0 Å². The number of allylic oxidation sites excluding steroid dienone is 1. The number of fused-ring (bicyclic) bond motifs is 15. The lowest BCUT2D eigenvalue weighted by molar-refractivity contribution is 0.659. The Kier molecular flexibility index (Phi) is 7.37. The molecule has 0 N–H and O–H groups in total. The highest BCUT2D eigenvalue weighted by atomic mass is 15.0. The summed E-state index contributed by atoms with van der Waals surface area (Å²) >= 11 is 0. The van der Waals surface area contributed by atoms with Gasteiger partial charge in [-0.05, 0) is 126 Å². The molecule has 9 aromatic carbocycles. The minimum atomic E-state index is -0.240. The van der Waals surface area contributed by atoms with Crippen molar-refractivity contribution in [1.29, 1.82) is 0 Å². The van der Waals surface area contributed by atoms with Gasteiger partial charge in [0, 0.05) is 71.6 Å². The highest BCUT2D eigenvalue weighted by molar-refractivity contribution is 6.13. The first-order chi connectivity index (χ1) is 33.0. The average molecular weight is 857 g/mol. The Bertz CT molecular complexity index is 4200. The maximum absolute atomic E-state index is 2.54. The summed E-state index contributed by atoms with van der Waals surface area (Å²) in [5.41, 5.74) is 21.1. The minimum Gasteiger partial charge on any atom is -0.310 e. The third-order valence-electron chi connectivity index (χ3n) is 15.4. The Hall–Kier alpha value is -8.34. The van der Waals surface area contributed by atoms with Crippen LogP contribution in [0, 0.1) is 0 Å². The van der Waals surface area contributed by atoms with Crippen molar-refractivity contribution in [3.8, 4) is 33.9 Å². The molecule has 0 saturated heterocycles. The average Bonchev–Trinajstić information content (AvgIpc) is 4.14. The molecule has 67 heavy (non-hydrogen) atoms. The van der Waals surface area contributed by atoms with Gasteiger partial charge in [0.25, 0.3) is 0 Å². The van der Waals surface area contributed by atoms with E-state index in [9.17, 15) is 0 Å². The molecule has 316 valence electrons. The third-order valence-corrected chi connectivity index (χ3v) is 15.4. The zero-order chi connectivity index (χ0) is 44.1. The van der Waals surface area contributed by atoms with Gasteiger partial charge in [-0.25, -0.2) is 0 Å². The van der Waals surface area contributed by atoms with Gasteiger partial charge >= 0.3 is 0 Å². The first-order valence-electron chi connectivity index (χ1n) is 23.7. The van der Waals surface area contributed by atoms with Gasteiger partial charge in [0.1, 0.15) is 0 Å². The molecule has 4 nitrogen and oxygen atoms in total. The zero-order valence-electron chi connectivity index (χ0n) is 37.3. The summed E-state index contributed by atoms with van der Waals surface area (Å²) in [5.74, 6) is 0. The number of nitrogens with zero attached hydrogens (tertiary/aromatic N) is 4. The summed E-state index contributed by atoms with van der Waals surface area (Å²) in [6, 6.07) is 72.6. The molecule has 13 aromatic rings. The van der Waals surface area contributed by atoms with Gasteiger partial charge in [-0.3, -0.25) is 0 Å². The van der Waals surface area contributed by atoms with E-state index in [1.165, 1.54) is 127 Å². The van der Waals surface area contributed by atoms with Crippen LogP contribution in [0.4, 0.5) is 0 Å². The molecule has 2 aliphatic carbocycles. The van der Waals surface area contributed by atoms with E-state index in [1.807, 2.05) is 0 Å². The molecule has 0 spiro atoms. The lowest BCUT2D eigenvalue weighted by atomic mass is 9.82. The van der Waals surface area contributed by atoms with Gasteiger partial charge in [-0.1, -0.05) is 135 Å². The largest absolute Gasteiger partial charge is 0.310 e. The van der Waals surface area contributed by atoms with Gasteiger partial charge in [-0.2, -0.15) is 0 Å². The van der Waals surface area contributed by atoms with E-state index >= 15 is 0 Å². The lowest BCUT2D eigenvalue weighted by Crippen LogP contribution is -2.16. The van der Waals surface area contributed by atoms with Crippen molar-refractivity contribution in [3.63, 3.8) is 0 Å². The standard InChI is InChI=1S/C63H44N4/c1-63(2)53-35-39(66-59-25-13-7-19-49(59)51-33-29-41(37-61(51)66)64-55-21-9-3-15-45(55)46-16-4-10-22-56(46)64)27-31-43(53)44-32-28-40(36-54(44)63)67-60-26-14-8-20-50(60)52-34-30-42(38-62(52)67)65-57-23-11-5-17-47(57)48-18-6-12-24-58(48)65/h3-7,9-19,21-38H,8,20H2,1-2H3. The molecule has 0 amide bonds. The molecule has 15 rings (SSSR count). The third kappa shape index (κ3) is 4.97. The number of aryl methyl sites for hydroxylation is 1. The molecular formula is C63H44N4. The van der Waals surface area contributed by atoms with Gasteiger partial charge in [-0.15, -0.1) is 0 Å². The fourth-order valence-electron chi connectivity index (χ4n) is 12.4. The molecule has 4 heteroatoms. The molecule has 4 aromatic heterocycles. The highest BCUT2D eigenvalue weighted by Gasteiger charge is 2.37. The van der Waals surface area contributed by atoms with E-state index in [2.05, 4.69) is 238 Å². The van der Waals surface area contributed by atoms with Crippen LogP contribution in [0.3, 0.4) is 0 Å². The highest BCUT2D eigenvalue weighted by Crippen LogP contribution is 2.51. The Morgan fingerprint density at radius 1 is 0.343 bits per heavy atom. The summed E-state index contributed by atoms with van der Waals surface area (Å²) in [6.07, 6.45) is 6.80. The fraction of sp³-hybridized carbons (Fsp3) is 0.0794. The molecule has 2 aliphatic rings. The van der Waals surface area contributed by atoms with Gasteiger partial charge in [0.05, 0.1) is 38.6 Å². The Morgan fingerprint density at radius 3 is 1.18 bits per heavy atom. The Balaban J connectivity index is 0.886. The van der Waals surface area contributed by atoms with Gasteiger partial charge in [0.15, 0.2) is 0 Å². The van der Waals surface area contributed by atoms with Crippen LogP contribution in [-0.2, 0) is 11.8 Å². The predicted molar refractivity (Wildman–Crippen MR) is 281 cm³/mol. The summed E-state index contributed by atoms with van der Waals surface area (Å²) in [7, 11) is 0. The number of aromatic nitrogens is 4. The molecule has 0 radical (unpaired) electrons. The van der Waals surface area contributed by atoms with Crippen molar-refractivity contribution in [3.05, 3.63) is 223 Å². The smallest absolute Gasteiger partial charge is 0.0561 e. The summed E-state index contributed by atoms with van der Waals surface area (Å²) < 4.78 is 9.90. The molecule has 0 bridgehead atoms. The van der Waals surface area contributed by atoms with Crippen molar-refractivity contribution in [2.24, 2.45) is 0 Å². The Morgan fingerprint density at radius 2 is 0.701 bits per heavy atom. The second-order valence-corrected chi connectivity index (χ2v) is 19.2. The minimum absolute atomic E-state index is 0.240. The fourth-order valence-corrected chi connectivity index (χ4v) is 12.4. The van der Waals surface area contributed by atoms with Crippen LogP contribution in [0.15, 0.2) is 200 Å². The second kappa shape index (κ2) is 13.4. The topological polar surface area (TPSA) is 19.7 Å². The van der Waals surface area contributed by atoms with Crippen LogP contribution in [0.2, 0.25) is 0 Å². The number of hydrogen-bond acceptors (Lipinski definition) is 0. The van der Waals surface area contributed by atoms with E-state index in [0.717, 1.165) is 18.5 Å². The molecule has 0 aliphatic heterocycles. The quantitative estimate of drug-likeness (QED) is 0.168. The van der Waals surface area contributed by atoms with Crippen LogP contribution in [0.5, 0.6) is 0 Å². The molecule has 0 fully saturated rings. The molecule has 0 saturated carbocycles. The van der Waals surface area contributed by atoms with Gasteiger partial charge < -0.3 is 18.3 Å². The number of para-hydroxylation sites is 5. The maximum Gasteiger partial charge on any atom is 0.0561 e. The molecule has 4 heterocycles. The van der Waals surface area contributed by atoms with Crippen LogP contribution in [0.25, 0.3) is 116 Å². The predicted octanol–water partition coefficient (Wildman–Crippen LogP) is 16.2. The van der Waals surface area contributed by atoms with Crippen molar-refractivity contribution in [1.82, 2.24) is 18.3 Å². The second-order valence-electron chi connectivity index (χ2n) is 19.2. The summed E-state index contributed by atoms with van der Waals surface area (Å²) in [5, 5.41) is 8.95. The number of benzene rings is 9. The number of rotatable bonds is 4. The molecule has 0 unspecified atom stereocenters. The van der Waals surface area contributed by atoms with E-state index < -0.39 is 0 Å². The first-order valence-corrected chi connectivity index (χ1v) is 23.7. The van der Waals surface area contributed by atoms with E-state index in [-0.39, 0.29) is 5.41 Å². The maximum atomic E-state index is 2.54. The Labute approximate surface area is 387 Å². The van der Waals surface area contributed by atoms with Crippen molar-refractivity contribution in [2.75, 3.05) is 0 Å². The van der Waals surface area contributed by atoms with Crippen LogP contribution in [-0.4, -0.2) is 18.3 Å². The zero-order valence-corrected chi connectivity index (χ0v) is 37.3. The molecule has 0 atom stereocenters. The van der Waals surface area contributed by atoms with E-state index in [4.69, 9.17) is 0 Å². The van der Waals surface area contributed by atoms with E-state index in [1.54, 1.807) is 0 Å². The summed E-state index contributed by atoms with van der Waals surface area (Å²) in [6.45, 7) is 4.84. The molecular weight excluding hydrogens is 813 g/mol. The van der Waals surface area contributed by atoms with Crippen molar-refractivity contribution in [2.45, 2.75) is 32.1 Å². The SMILES string of the molecule is CC1(C)c2cc(-n3c4c(c5ccc(-n6c7ccccc7c7ccccc76)cc53)CCC=C4)ccc2-c2ccc(-n3c4ccccc4c4ccc(-n5c6ccccc6c6ccccc65)cc43)cc21.